The van der Waals surface area contributed by atoms with Crippen molar-refractivity contribution in [3.05, 3.63) is 86.6 Å². The molecule has 0 aliphatic carbocycles. The maximum Gasteiger partial charge on any atom is 0.279 e. The van der Waals surface area contributed by atoms with Crippen LogP contribution in [0.1, 0.15) is 15.9 Å². The number of hydrogen-bond acceptors (Lipinski definition) is 4. The highest BCUT2D eigenvalue weighted by atomic mass is 35.5. The zero-order chi connectivity index (χ0) is 23.3. The second-order valence-corrected chi connectivity index (χ2v) is 11.3. The third-order valence-corrected chi connectivity index (χ3v) is 8.96. The number of amides is 1. The van der Waals surface area contributed by atoms with Gasteiger partial charge in [0.25, 0.3) is 15.9 Å². The van der Waals surface area contributed by atoms with E-state index in [0.29, 0.717) is 33.5 Å². The van der Waals surface area contributed by atoms with Crippen LogP contribution in [0.4, 0.5) is 5.69 Å². The monoisotopic (exact) mass is 517 g/mol. The van der Waals surface area contributed by atoms with Gasteiger partial charge in [-0.1, -0.05) is 52.7 Å². The van der Waals surface area contributed by atoms with Crippen LogP contribution in [0.15, 0.2) is 70.6 Å². The van der Waals surface area contributed by atoms with E-state index in [9.17, 15) is 13.2 Å². The molecule has 10 heteroatoms. The standard InChI is InChI=1S/C23H17Cl2N3O3S2/c1-27-21-18(25)12-16(24)13-20(21)32-23(27)26-22(29)15-6-8-17(9-7-15)33(30,31)28-11-10-14-4-2-3-5-19(14)28/h2-9,12-13H,10-11H2,1H3. The van der Waals surface area contributed by atoms with E-state index in [-0.39, 0.29) is 10.5 Å². The van der Waals surface area contributed by atoms with Crippen LogP contribution in [0.2, 0.25) is 10.0 Å². The van der Waals surface area contributed by atoms with Gasteiger partial charge < -0.3 is 4.57 Å². The number of nitrogens with zero attached hydrogens (tertiary/aromatic N) is 3. The molecule has 0 saturated heterocycles. The molecule has 4 aromatic rings. The van der Waals surface area contributed by atoms with E-state index in [1.54, 1.807) is 29.8 Å². The lowest BCUT2D eigenvalue weighted by molar-refractivity contribution is 0.0998. The molecule has 0 radical (unpaired) electrons. The van der Waals surface area contributed by atoms with Crippen LogP contribution in [-0.2, 0) is 23.5 Å². The maximum absolute atomic E-state index is 13.2. The molecule has 0 atom stereocenters. The number of para-hydroxylation sites is 1. The highest BCUT2D eigenvalue weighted by Gasteiger charge is 2.30. The first-order valence-corrected chi connectivity index (χ1v) is 13.0. The Balaban J connectivity index is 1.46. The van der Waals surface area contributed by atoms with E-state index in [1.807, 2.05) is 18.2 Å². The van der Waals surface area contributed by atoms with Gasteiger partial charge in [-0.15, -0.1) is 0 Å². The summed E-state index contributed by atoms with van der Waals surface area (Å²) in [6.45, 7) is 0.396. The zero-order valence-electron chi connectivity index (χ0n) is 17.3. The summed E-state index contributed by atoms with van der Waals surface area (Å²) in [4.78, 5) is 17.6. The summed E-state index contributed by atoms with van der Waals surface area (Å²) in [7, 11) is -1.95. The Kier molecular flexibility index (Phi) is 5.56. The number of carbonyl (C=O) groups excluding carboxylic acids is 1. The topological polar surface area (TPSA) is 71.7 Å². The van der Waals surface area contributed by atoms with Gasteiger partial charge in [-0.05, 0) is 54.4 Å². The fourth-order valence-corrected chi connectivity index (χ4v) is 7.24. The molecule has 1 aliphatic heterocycles. The van der Waals surface area contributed by atoms with Crippen molar-refractivity contribution in [3.8, 4) is 0 Å². The highest BCUT2D eigenvalue weighted by molar-refractivity contribution is 7.92. The number of thiazole rings is 1. The first-order valence-electron chi connectivity index (χ1n) is 10.00. The molecule has 168 valence electrons. The molecule has 0 N–H and O–H groups in total. The van der Waals surface area contributed by atoms with Gasteiger partial charge in [0.15, 0.2) is 4.80 Å². The molecular weight excluding hydrogens is 501 g/mol. The molecule has 0 fully saturated rings. The smallest absolute Gasteiger partial charge is 0.279 e. The van der Waals surface area contributed by atoms with Crippen molar-refractivity contribution in [1.82, 2.24) is 4.57 Å². The number of anilines is 1. The fraction of sp³-hybridized carbons (Fsp3) is 0.130. The fourth-order valence-electron chi connectivity index (χ4n) is 3.91. The number of aromatic nitrogens is 1. The lowest BCUT2D eigenvalue weighted by Crippen LogP contribution is -2.29. The summed E-state index contributed by atoms with van der Waals surface area (Å²) in [5.74, 6) is -0.477. The highest BCUT2D eigenvalue weighted by Crippen LogP contribution is 2.33. The molecule has 0 bridgehead atoms. The number of fused-ring (bicyclic) bond motifs is 2. The van der Waals surface area contributed by atoms with E-state index < -0.39 is 15.9 Å². The molecule has 1 amide bonds. The second-order valence-electron chi connectivity index (χ2n) is 7.58. The van der Waals surface area contributed by atoms with E-state index in [1.165, 1.54) is 39.9 Å². The minimum absolute atomic E-state index is 0.129. The predicted molar refractivity (Wildman–Crippen MR) is 132 cm³/mol. The molecule has 0 saturated carbocycles. The van der Waals surface area contributed by atoms with Crippen LogP contribution in [-0.4, -0.2) is 25.4 Å². The van der Waals surface area contributed by atoms with E-state index in [0.717, 1.165) is 15.8 Å². The number of rotatable bonds is 3. The number of hydrogen-bond donors (Lipinski definition) is 0. The molecule has 1 aliphatic rings. The van der Waals surface area contributed by atoms with Crippen LogP contribution >= 0.6 is 34.5 Å². The van der Waals surface area contributed by atoms with Gasteiger partial charge in [0.05, 0.1) is 25.8 Å². The lowest BCUT2D eigenvalue weighted by Gasteiger charge is -2.19. The van der Waals surface area contributed by atoms with Gasteiger partial charge in [0.1, 0.15) is 0 Å². The van der Waals surface area contributed by atoms with Crippen LogP contribution in [0, 0.1) is 0 Å². The Morgan fingerprint density at radius 3 is 2.55 bits per heavy atom. The Morgan fingerprint density at radius 2 is 1.79 bits per heavy atom. The summed E-state index contributed by atoms with van der Waals surface area (Å²) in [5.41, 5.74) is 2.73. The maximum atomic E-state index is 13.2. The van der Waals surface area contributed by atoms with Gasteiger partial charge in [0.2, 0.25) is 0 Å². The zero-order valence-corrected chi connectivity index (χ0v) is 20.5. The van der Waals surface area contributed by atoms with Crippen LogP contribution in [0.5, 0.6) is 0 Å². The molecule has 0 unspecified atom stereocenters. The number of carbonyl (C=O) groups is 1. The van der Waals surface area contributed by atoms with E-state index >= 15 is 0 Å². The minimum Gasteiger partial charge on any atom is -0.318 e. The Bertz CT molecular complexity index is 1590. The Labute approximate surface area is 204 Å². The molecule has 5 rings (SSSR count). The predicted octanol–water partition coefficient (Wildman–Crippen LogP) is 5.04. The normalized spacial score (nSPS) is 14.2. The largest absolute Gasteiger partial charge is 0.318 e. The van der Waals surface area contributed by atoms with Crippen molar-refractivity contribution in [2.45, 2.75) is 11.3 Å². The van der Waals surface area contributed by atoms with E-state index in [2.05, 4.69) is 4.99 Å². The first kappa shape index (κ1) is 22.2. The van der Waals surface area contributed by atoms with Crippen molar-refractivity contribution in [2.24, 2.45) is 12.0 Å². The summed E-state index contributed by atoms with van der Waals surface area (Å²) in [6.07, 6.45) is 0.673. The number of sulfonamides is 1. The minimum atomic E-state index is -3.72. The van der Waals surface area contributed by atoms with Gasteiger partial charge in [-0.3, -0.25) is 9.10 Å². The quantitative estimate of drug-likeness (QED) is 0.382. The third-order valence-electron chi connectivity index (χ3n) is 5.55. The van der Waals surface area contributed by atoms with Crippen LogP contribution in [0.25, 0.3) is 10.2 Å². The Hall–Kier alpha value is -2.65. The summed E-state index contributed by atoms with van der Waals surface area (Å²) in [5, 5.41) is 0.979. The molecule has 3 aromatic carbocycles. The van der Waals surface area contributed by atoms with Gasteiger partial charge in [-0.25, -0.2) is 8.42 Å². The van der Waals surface area contributed by atoms with Crippen molar-refractivity contribution in [1.29, 1.82) is 0 Å². The van der Waals surface area contributed by atoms with Crippen molar-refractivity contribution < 1.29 is 13.2 Å². The van der Waals surface area contributed by atoms with E-state index in [4.69, 9.17) is 23.2 Å². The summed E-state index contributed by atoms with van der Waals surface area (Å²) in [6, 6.07) is 16.7. The number of halogens is 2. The second kappa shape index (κ2) is 8.29. The van der Waals surface area contributed by atoms with Crippen molar-refractivity contribution in [3.63, 3.8) is 0 Å². The van der Waals surface area contributed by atoms with Crippen LogP contribution in [0.3, 0.4) is 0 Å². The molecule has 6 nitrogen and oxygen atoms in total. The Morgan fingerprint density at radius 1 is 1.06 bits per heavy atom. The molecule has 0 spiro atoms. The van der Waals surface area contributed by atoms with Crippen molar-refractivity contribution in [2.75, 3.05) is 10.8 Å². The summed E-state index contributed by atoms with van der Waals surface area (Å²) < 4.78 is 30.3. The van der Waals surface area contributed by atoms with Gasteiger partial charge >= 0.3 is 0 Å². The number of aryl methyl sites for hydroxylation is 1. The lowest BCUT2D eigenvalue weighted by atomic mass is 10.2. The van der Waals surface area contributed by atoms with Gasteiger partial charge in [-0.2, -0.15) is 4.99 Å². The van der Waals surface area contributed by atoms with Crippen molar-refractivity contribution >= 4 is 66.4 Å². The molecule has 1 aromatic heterocycles. The SMILES string of the molecule is Cn1c(=NC(=O)c2ccc(S(=O)(=O)N3CCc4ccccc43)cc2)sc2cc(Cl)cc(Cl)c21. The van der Waals surface area contributed by atoms with Crippen LogP contribution < -0.4 is 9.11 Å². The summed E-state index contributed by atoms with van der Waals surface area (Å²) >= 11 is 13.7. The van der Waals surface area contributed by atoms with Gasteiger partial charge in [0, 0.05) is 24.2 Å². The average molecular weight is 518 g/mol. The molecule has 33 heavy (non-hydrogen) atoms. The molecule has 2 heterocycles. The average Bonchev–Trinajstić information content (AvgIpc) is 3.35. The third kappa shape index (κ3) is 3.87. The molecular formula is C23H17Cl2N3O3S2. The first-order chi connectivity index (χ1) is 15.8. The number of benzene rings is 3.